The molecule has 11 nitrogen and oxygen atoms in total. The first kappa shape index (κ1) is 29.8. The van der Waals surface area contributed by atoms with Gasteiger partial charge in [0.25, 0.3) is 0 Å². The molecule has 0 aromatic heterocycles. The summed E-state index contributed by atoms with van der Waals surface area (Å²) in [5.41, 5.74) is -0.0195. The highest BCUT2D eigenvalue weighted by molar-refractivity contribution is 5.86. The van der Waals surface area contributed by atoms with Crippen LogP contribution in [0.4, 0.5) is 0 Å². The van der Waals surface area contributed by atoms with Gasteiger partial charge in [-0.05, 0) is 62.6 Å². The number of phenols is 1. The summed E-state index contributed by atoms with van der Waals surface area (Å²) in [6.45, 7) is 7.90. The summed E-state index contributed by atoms with van der Waals surface area (Å²) >= 11 is 0. The molecule has 4 saturated heterocycles. The van der Waals surface area contributed by atoms with Crippen LogP contribution in [0.15, 0.2) is 24.3 Å². The summed E-state index contributed by atoms with van der Waals surface area (Å²) in [6.07, 6.45) is 1.72. The standard InChI is InChI=1S/C30H41NO10/c1-5-36-26(35)23(16-19-7-9-20(32)10-8-19)31-24(33)12-13-25(34)37-27-18(3)22-11-6-17(2)21-14-15-29(4)39-28(38-27)30(21,22)41-40-29/h7-10,17-18,21-23,27-28,32H,5-6,11-16H2,1-4H3,(H,31,33)/t17-,18-,21+,22+,23-,27-,28-,29-,30+/m1/s1. The van der Waals surface area contributed by atoms with Gasteiger partial charge in [-0.25, -0.2) is 14.6 Å². The van der Waals surface area contributed by atoms with Crippen LogP contribution < -0.4 is 5.32 Å². The minimum absolute atomic E-state index is 0.0106. The molecule has 1 aliphatic carbocycles. The summed E-state index contributed by atoms with van der Waals surface area (Å²) in [7, 11) is 0. The van der Waals surface area contributed by atoms with Crippen molar-refractivity contribution >= 4 is 17.8 Å². The Hall–Kier alpha value is -2.73. The van der Waals surface area contributed by atoms with Crippen LogP contribution in [0.2, 0.25) is 0 Å². The number of nitrogens with one attached hydrogen (secondary N) is 1. The Labute approximate surface area is 240 Å². The number of esters is 2. The molecule has 2 N–H and O–H groups in total. The van der Waals surface area contributed by atoms with Crippen LogP contribution in [-0.2, 0) is 49.5 Å². The zero-order chi connectivity index (χ0) is 29.4. The lowest BCUT2D eigenvalue weighted by molar-refractivity contribution is -0.576. The van der Waals surface area contributed by atoms with E-state index in [-0.39, 0.29) is 49.4 Å². The number of benzene rings is 1. The Morgan fingerprint density at radius 2 is 1.83 bits per heavy atom. The van der Waals surface area contributed by atoms with E-state index in [2.05, 4.69) is 12.2 Å². The molecule has 9 atom stereocenters. The number of carbonyl (C=O) groups excluding carboxylic acids is 3. The first-order chi connectivity index (χ1) is 19.5. The molecular formula is C30H41NO10. The predicted octanol–water partition coefficient (Wildman–Crippen LogP) is 3.51. The van der Waals surface area contributed by atoms with Gasteiger partial charge >= 0.3 is 11.9 Å². The summed E-state index contributed by atoms with van der Waals surface area (Å²) in [6, 6.07) is 5.40. The van der Waals surface area contributed by atoms with E-state index in [9.17, 15) is 19.5 Å². The molecule has 6 rings (SSSR count). The van der Waals surface area contributed by atoms with E-state index in [0.29, 0.717) is 12.3 Å². The highest BCUT2D eigenvalue weighted by atomic mass is 17.3. The number of hydrogen-bond donors (Lipinski definition) is 2. The van der Waals surface area contributed by atoms with Gasteiger partial charge in [0.05, 0.1) is 13.0 Å². The van der Waals surface area contributed by atoms with Crippen LogP contribution in [0.5, 0.6) is 5.75 Å². The number of rotatable bonds is 9. The molecule has 1 amide bonds. The largest absolute Gasteiger partial charge is 0.508 e. The molecule has 1 aromatic carbocycles. The van der Waals surface area contributed by atoms with Crippen molar-refractivity contribution in [1.29, 1.82) is 0 Å². The number of ether oxygens (including phenoxy) is 4. The van der Waals surface area contributed by atoms with Gasteiger partial charge in [0, 0.05) is 31.1 Å². The number of aromatic hydroxyl groups is 1. The van der Waals surface area contributed by atoms with Crippen LogP contribution in [0.25, 0.3) is 0 Å². The average molecular weight is 576 g/mol. The van der Waals surface area contributed by atoms with E-state index in [1.165, 1.54) is 12.1 Å². The maximum atomic E-state index is 12.9. The van der Waals surface area contributed by atoms with Crippen LogP contribution in [0, 0.1) is 23.7 Å². The van der Waals surface area contributed by atoms with Gasteiger partial charge in [-0.15, -0.1) is 0 Å². The van der Waals surface area contributed by atoms with Crippen molar-refractivity contribution in [3.8, 4) is 5.75 Å². The Balaban J connectivity index is 1.19. The van der Waals surface area contributed by atoms with Crippen LogP contribution in [-0.4, -0.2) is 59.6 Å². The third-order valence-electron chi connectivity index (χ3n) is 9.18. The maximum absolute atomic E-state index is 12.9. The average Bonchev–Trinajstić information content (AvgIpc) is 3.17. The SMILES string of the molecule is CCOC(=O)[C@@H](Cc1ccc(O)cc1)NC(=O)CCC(=O)O[C@@H]1O[C@@H]2O[C@@]3(C)CC[C@H]4[C@H](C)CC[C@@H]([C@H]1C)[C@]24OO3. The normalized spacial score (nSPS) is 36.4. The molecule has 226 valence electrons. The first-order valence-electron chi connectivity index (χ1n) is 14.7. The minimum Gasteiger partial charge on any atom is -0.508 e. The Kier molecular flexibility index (Phi) is 8.61. The summed E-state index contributed by atoms with van der Waals surface area (Å²) in [5.74, 6) is -2.02. The second kappa shape index (κ2) is 11.9. The molecular weight excluding hydrogens is 534 g/mol. The fourth-order valence-corrected chi connectivity index (χ4v) is 6.98. The molecule has 5 aliphatic rings. The Bertz CT molecular complexity index is 1130. The smallest absolute Gasteiger partial charge is 0.328 e. The molecule has 1 spiro atoms. The van der Waals surface area contributed by atoms with Gasteiger partial charge in [0.15, 0.2) is 11.9 Å². The third kappa shape index (κ3) is 5.95. The van der Waals surface area contributed by atoms with Crippen molar-refractivity contribution in [1.82, 2.24) is 5.32 Å². The zero-order valence-electron chi connectivity index (χ0n) is 24.1. The molecule has 5 fully saturated rings. The lowest BCUT2D eigenvalue weighted by atomic mass is 9.58. The van der Waals surface area contributed by atoms with Crippen LogP contribution in [0.1, 0.15) is 71.8 Å². The van der Waals surface area contributed by atoms with E-state index in [0.717, 1.165) is 24.8 Å². The van der Waals surface area contributed by atoms with Crippen LogP contribution >= 0.6 is 0 Å². The van der Waals surface area contributed by atoms with E-state index >= 15 is 0 Å². The molecule has 1 aromatic rings. The minimum atomic E-state index is -0.936. The highest BCUT2D eigenvalue weighted by Gasteiger charge is 2.69. The summed E-state index contributed by atoms with van der Waals surface area (Å²) in [4.78, 5) is 50.0. The van der Waals surface area contributed by atoms with Crippen molar-refractivity contribution in [3.05, 3.63) is 29.8 Å². The van der Waals surface area contributed by atoms with Gasteiger partial charge in [0.1, 0.15) is 11.8 Å². The molecule has 1 saturated carbocycles. The highest BCUT2D eigenvalue weighted by Crippen LogP contribution is 2.60. The monoisotopic (exact) mass is 575 g/mol. The fraction of sp³-hybridized carbons (Fsp3) is 0.700. The number of carbonyl (C=O) groups is 3. The van der Waals surface area contributed by atoms with Gasteiger partial charge < -0.3 is 29.4 Å². The molecule has 0 unspecified atom stereocenters. The van der Waals surface area contributed by atoms with Gasteiger partial charge in [-0.2, -0.15) is 0 Å². The van der Waals surface area contributed by atoms with Crippen molar-refractivity contribution in [2.24, 2.45) is 23.7 Å². The van der Waals surface area contributed by atoms with E-state index < -0.39 is 47.9 Å². The topological polar surface area (TPSA) is 139 Å². The van der Waals surface area contributed by atoms with Crippen LogP contribution in [0.3, 0.4) is 0 Å². The number of fused-ring (bicyclic) bond motifs is 2. The molecule has 41 heavy (non-hydrogen) atoms. The maximum Gasteiger partial charge on any atom is 0.328 e. The number of hydrogen-bond acceptors (Lipinski definition) is 10. The van der Waals surface area contributed by atoms with Crippen molar-refractivity contribution in [2.45, 2.75) is 103 Å². The summed E-state index contributed by atoms with van der Waals surface area (Å²) in [5, 5.41) is 12.2. The third-order valence-corrected chi connectivity index (χ3v) is 9.18. The Morgan fingerprint density at radius 1 is 1.07 bits per heavy atom. The molecule has 11 heteroatoms. The molecule has 0 radical (unpaired) electrons. The lowest BCUT2D eigenvalue weighted by Gasteiger charge is -2.59. The van der Waals surface area contributed by atoms with Crippen molar-refractivity contribution in [3.63, 3.8) is 0 Å². The molecule has 2 bridgehead atoms. The predicted molar refractivity (Wildman–Crippen MR) is 143 cm³/mol. The van der Waals surface area contributed by atoms with E-state index in [4.69, 9.17) is 28.7 Å². The van der Waals surface area contributed by atoms with Gasteiger partial charge in [0.2, 0.25) is 18.0 Å². The Morgan fingerprint density at radius 3 is 2.56 bits per heavy atom. The van der Waals surface area contributed by atoms with E-state index in [1.54, 1.807) is 19.1 Å². The number of phenolic OH excluding ortho intramolecular Hbond substituents is 1. The lowest BCUT2D eigenvalue weighted by Crippen LogP contribution is -2.70. The van der Waals surface area contributed by atoms with Gasteiger partial charge in [-0.3, -0.25) is 9.59 Å². The summed E-state index contributed by atoms with van der Waals surface area (Å²) < 4.78 is 23.5. The van der Waals surface area contributed by atoms with Crippen molar-refractivity contribution in [2.75, 3.05) is 6.61 Å². The molecule has 4 aliphatic heterocycles. The first-order valence-corrected chi connectivity index (χ1v) is 14.7. The van der Waals surface area contributed by atoms with Gasteiger partial charge in [-0.1, -0.05) is 26.0 Å². The second-order valence-corrected chi connectivity index (χ2v) is 12.0. The second-order valence-electron chi connectivity index (χ2n) is 12.0. The quantitative estimate of drug-likeness (QED) is 0.332. The zero-order valence-corrected chi connectivity index (χ0v) is 24.1. The van der Waals surface area contributed by atoms with E-state index in [1.807, 2.05) is 13.8 Å². The van der Waals surface area contributed by atoms with Crippen molar-refractivity contribution < 1.29 is 48.2 Å². The fourth-order valence-electron chi connectivity index (χ4n) is 6.98. The number of amides is 1. The molecule has 4 heterocycles.